The summed E-state index contributed by atoms with van der Waals surface area (Å²) < 4.78 is 8.09. The lowest BCUT2D eigenvalue weighted by Crippen LogP contribution is -2.43. The summed E-state index contributed by atoms with van der Waals surface area (Å²) in [5.41, 5.74) is 2.41. The minimum absolute atomic E-state index is 0.156. The van der Waals surface area contributed by atoms with Gasteiger partial charge in [0.25, 0.3) is 0 Å². The number of anilines is 2. The fourth-order valence-electron chi connectivity index (χ4n) is 5.79. The quantitative estimate of drug-likeness (QED) is 0.546. The fourth-order valence-corrected chi connectivity index (χ4v) is 5.79. The summed E-state index contributed by atoms with van der Waals surface area (Å²) in [5, 5.41) is 11.5. The van der Waals surface area contributed by atoms with Crippen LogP contribution in [0, 0.1) is 0 Å². The number of Topliss-reactive ketones (excluding diaryl/α,β-unsaturated/α-hetero) is 1. The molecule has 4 aliphatic rings. The number of rotatable bonds is 5. The van der Waals surface area contributed by atoms with Crippen molar-refractivity contribution in [3.8, 4) is 11.4 Å². The normalized spacial score (nSPS) is 24.0. The fraction of sp³-hybridized carbons (Fsp3) is 0.519. The molecule has 0 spiro atoms. The molecule has 3 aromatic rings. The number of carbonyl (C=O) groups excluding carboxylic acids is 2. The molecule has 2 atom stereocenters. The van der Waals surface area contributed by atoms with Crippen LogP contribution in [0.15, 0.2) is 30.5 Å². The number of morpholine rings is 1. The smallest absolute Gasteiger partial charge is 0.319 e. The number of amides is 2. The Morgan fingerprint density at radius 3 is 2.38 bits per heavy atom. The zero-order chi connectivity index (χ0) is 24.9. The molecule has 2 amide bonds. The number of hydrogen-bond acceptors (Lipinski definition) is 7. The molecule has 2 unspecified atom stereocenters. The Morgan fingerprint density at radius 2 is 1.68 bits per heavy atom. The van der Waals surface area contributed by atoms with Gasteiger partial charge in [-0.2, -0.15) is 5.10 Å². The number of carbonyl (C=O) groups is 2. The molecule has 2 saturated carbocycles. The van der Waals surface area contributed by atoms with Crippen LogP contribution in [0.1, 0.15) is 57.4 Å². The molecule has 0 radical (unpaired) electrons. The predicted molar refractivity (Wildman–Crippen MR) is 139 cm³/mol. The first-order valence-corrected chi connectivity index (χ1v) is 13.4. The number of benzene rings is 1. The van der Waals surface area contributed by atoms with Crippen molar-refractivity contribution >= 4 is 34.4 Å². The third-order valence-corrected chi connectivity index (χ3v) is 7.95. The summed E-state index contributed by atoms with van der Waals surface area (Å²) >= 11 is 0. The molecule has 2 aliphatic carbocycles. The van der Waals surface area contributed by atoms with Gasteiger partial charge in [0.15, 0.2) is 11.5 Å². The maximum atomic E-state index is 12.1. The van der Waals surface area contributed by atoms with Crippen molar-refractivity contribution < 1.29 is 14.3 Å². The molecule has 4 heterocycles. The van der Waals surface area contributed by atoms with Crippen LogP contribution in [-0.2, 0) is 9.53 Å². The van der Waals surface area contributed by atoms with Crippen LogP contribution < -0.4 is 15.5 Å². The van der Waals surface area contributed by atoms with Crippen LogP contribution >= 0.6 is 0 Å². The van der Waals surface area contributed by atoms with E-state index in [4.69, 9.17) is 19.8 Å². The second kappa shape index (κ2) is 9.09. The second-order valence-corrected chi connectivity index (χ2v) is 10.8. The van der Waals surface area contributed by atoms with Gasteiger partial charge in [0, 0.05) is 43.2 Å². The van der Waals surface area contributed by atoms with Gasteiger partial charge in [-0.1, -0.05) is 0 Å². The van der Waals surface area contributed by atoms with Crippen molar-refractivity contribution in [2.45, 2.75) is 75.7 Å². The lowest BCUT2D eigenvalue weighted by atomic mass is 9.94. The maximum Gasteiger partial charge on any atom is 0.319 e. The van der Waals surface area contributed by atoms with Gasteiger partial charge in [-0.25, -0.2) is 19.4 Å². The second-order valence-electron chi connectivity index (χ2n) is 10.8. The average Bonchev–Trinajstić information content (AvgIpc) is 3.51. The number of nitrogens with one attached hydrogen (secondary N) is 2. The van der Waals surface area contributed by atoms with Crippen LogP contribution in [0.5, 0.6) is 0 Å². The standard InChI is InChI=1S/C27H31N7O3/c35-20-9-7-19(8-10-20)34-26-23(13-28-34)25(33-14-21-11-12-22(15-33)37-21)31-24(32-26)16-1-3-17(4-2-16)29-27(36)30-18-5-6-18/h1-4,13,18-19,21-22H,5-12,14-15H2,(H2,29,30,36). The van der Waals surface area contributed by atoms with Crippen molar-refractivity contribution in [1.82, 2.24) is 25.1 Å². The Hall–Kier alpha value is -3.53. The molecule has 37 heavy (non-hydrogen) atoms. The SMILES string of the molecule is O=C1CCC(n2ncc3c(N4CC5CCC(C4)O5)nc(-c4ccc(NC(=O)NC5CC5)cc4)nc32)CC1. The lowest BCUT2D eigenvalue weighted by Gasteiger charge is -2.33. The van der Waals surface area contributed by atoms with Crippen molar-refractivity contribution in [1.29, 1.82) is 0 Å². The Morgan fingerprint density at radius 1 is 0.946 bits per heavy atom. The van der Waals surface area contributed by atoms with E-state index in [9.17, 15) is 9.59 Å². The third kappa shape index (κ3) is 4.54. The van der Waals surface area contributed by atoms with Crippen molar-refractivity contribution in [2.75, 3.05) is 23.3 Å². The van der Waals surface area contributed by atoms with Gasteiger partial charge in [0.1, 0.15) is 11.6 Å². The van der Waals surface area contributed by atoms with Gasteiger partial charge in [0.2, 0.25) is 0 Å². The van der Waals surface area contributed by atoms with Crippen LogP contribution in [0.3, 0.4) is 0 Å². The molecule has 2 bridgehead atoms. The predicted octanol–water partition coefficient (Wildman–Crippen LogP) is 3.83. The van der Waals surface area contributed by atoms with Gasteiger partial charge >= 0.3 is 6.03 Å². The van der Waals surface area contributed by atoms with Crippen molar-refractivity contribution in [2.24, 2.45) is 0 Å². The lowest BCUT2D eigenvalue weighted by molar-refractivity contribution is -0.120. The summed E-state index contributed by atoms with van der Waals surface area (Å²) in [6, 6.07) is 7.94. The summed E-state index contributed by atoms with van der Waals surface area (Å²) in [6.07, 6.45) is 9.37. The monoisotopic (exact) mass is 501 g/mol. The number of aromatic nitrogens is 4. The van der Waals surface area contributed by atoms with E-state index in [0.29, 0.717) is 30.5 Å². The molecular weight excluding hydrogens is 470 g/mol. The zero-order valence-electron chi connectivity index (χ0n) is 20.7. The van der Waals surface area contributed by atoms with Crippen LogP contribution in [-0.4, -0.2) is 62.9 Å². The van der Waals surface area contributed by atoms with Gasteiger partial charge in [0.05, 0.1) is 29.8 Å². The molecule has 2 aliphatic heterocycles. The van der Waals surface area contributed by atoms with Crippen LogP contribution in [0.2, 0.25) is 0 Å². The number of nitrogens with zero attached hydrogens (tertiary/aromatic N) is 5. The average molecular weight is 502 g/mol. The molecule has 192 valence electrons. The summed E-state index contributed by atoms with van der Waals surface area (Å²) in [5.74, 6) is 1.85. The molecule has 2 saturated heterocycles. The highest BCUT2D eigenvalue weighted by Gasteiger charge is 2.36. The molecule has 7 rings (SSSR count). The molecule has 1 aromatic carbocycles. The Kier molecular flexibility index (Phi) is 5.57. The minimum atomic E-state index is -0.174. The largest absolute Gasteiger partial charge is 0.371 e. The minimum Gasteiger partial charge on any atom is -0.371 e. The van der Waals surface area contributed by atoms with E-state index in [0.717, 1.165) is 79.7 Å². The first-order chi connectivity index (χ1) is 18.1. The summed E-state index contributed by atoms with van der Waals surface area (Å²) in [6.45, 7) is 1.62. The van der Waals surface area contributed by atoms with Crippen LogP contribution in [0.25, 0.3) is 22.4 Å². The summed E-state index contributed by atoms with van der Waals surface area (Å²) in [4.78, 5) is 36.4. The number of urea groups is 1. The molecule has 10 nitrogen and oxygen atoms in total. The Balaban J connectivity index is 1.24. The first-order valence-electron chi connectivity index (χ1n) is 13.4. The number of fused-ring (bicyclic) bond motifs is 3. The van der Waals surface area contributed by atoms with E-state index < -0.39 is 0 Å². The topological polar surface area (TPSA) is 114 Å². The van der Waals surface area contributed by atoms with E-state index >= 15 is 0 Å². The number of hydrogen-bond donors (Lipinski definition) is 2. The van der Waals surface area contributed by atoms with E-state index in [1.54, 1.807) is 0 Å². The number of ether oxygens (including phenoxy) is 1. The highest BCUT2D eigenvalue weighted by atomic mass is 16.5. The van der Waals surface area contributed by atoms with Crippen LogP contribution in [0.4, 0.5) is 16.3 Å². The van der Waals surface area contributed by atoms with E-state index in [1.807, 2.05) is 35.1 Å². The molecule has 2 N–H and O–H groups in total. The van der Waals surface area contributed by atoms with E-state index in [2.05, 4.69) is 15.5 Å². The van der Waals surface area contributed by atoms with Gasteiger partial charge in [-0.05, 0) is 62.8 Å². The molecule has 2 aromatic heterocycles. The van der Waals surface area contributed by atoms with E-state index in [-0.39, 0.29) is 24.3 Å². The first kappa shape index (κ1) is 22.7. The van der Waals surface area contributed by atoms with Crippen molar-refractivity contribution in [3.63, 3.8) is 0 Å². The Bertz CT molecular complexity index is 1330. The number of ketones is 1. The van der Waals surface area contributed by atoms with Gasteiger partial charge in [-0.15, -0.1) is 0 Å². The zero-order valence-corrected chi connectivity index (χ0v) is 20.7. The van der Waals surface area contributed by atoms with Gasteiger partial charge in [-0.3, -0.25) is 4.79 Å². The highest BCUT2D eigenvalue weighted by molar-refractivity contribution is 5.91. The summed E-state index contributed by atoms with van der Waals surface area (Å²) in [7, 11) is 0. The Labute approximate surface area is 214 Å². The molecule has 10 heteroatoms. The van der Waals surface area contributed by atoms with E-state index in [1.165, 1.54) is 0 Å². The van der Waals surface area contributed by atoms with Crippen molar-refractivity contribution in [3.05, 3.63) is 30.5 Å². The third-order valence-electron chi connectivity index (χ3n) is 7.95. The highest BCUT2D eigenvalue weighted by Crippen LogP contribution is 2.36. The molecule has 4 fully saturated rings. The van der Waals surface area contributed by atoms with Gasteiger partial charge < -0.3 is 20.3 Å². The molecular formula is C27H31N7O3. The maximum absolute atomic E-state index is 12.1.